The highest BCUT2D eigenvalue weighted by Crippen LogP contribution is 2.30. The summed E-state index contributed by atoms with van der Waals surface area (Å²) in [4.78, 5) is 37.3. The van der Waals surface area contributed by atoms with Crippen molar-refractivity contribution in [2.45, 2.75) is 31.7 Å². The van der Waals surface area contributed by atoms with E-state index in [-0.39, 0.29) is 34.1 Å². The van der Waals surface area contributed by atoms with Crippen molar-refractivity contribution in [3.8, 4) is 0 Å². The lowest BCUT2D eigenvalue weighted by Gasteiger charge is -2.33. The zero-order valence-corrected chi connectivity index (χ0v) is 15.7. The second kappa shape index (κ2) is 8.67. The minimum Gasteiger partial charge on any atom is -0.354 e. The zero-order valence-electron chi connectivity index (χ0n) is 14.9. The van der Waals surface area contributed by atoms with E-state index in [1.807, 2.05) is 0 Å². The fraction of sp³-hybridized carbons (Fsp3) is 0.556. The van der Waals surface area contributed by atoms with Crippen LogP contribution in [-0.4, -0.2) is 53.9 Å². The number of benzene rings is 1. The highest BCUT2D eigenvalue weighted by Gasteiger charge is 2.31. The molecule has 0 radical (unpaired) electrons. The molecule has 2 aliphatic rings. The number of para-hydroxylation sites is 1. The first-order chi connectivity index (χ1) is 13.0. The topological polar surface area (TPSA) is 105 Å². The van der Waals surface area contributed by atoms with E-state index in [1.54, 1.807) is 11.0 Å². The molecule has 2 amide bonds. The lowest BCUT2D eigenvalue weighted by atomic mass is 9.97. The predicted molar refractivity (Wildman–Crippen MR) is 101 cm³/mol. The number of likely N-dealkylation sites (tertiary alicyclic amines) is 1. The molecule has 0 aromatic heterocycles. The van der Waals surface area contributed by atoms with Crippen LogP contribution < -0.4 is 10.6 Å². The van der Waals surface area contributed by atoms with E-state index in [4.69, 9.17) is 11.6 Å². The molecule has 0 bridgehead atoms. The Balaban J connectivity index is 1.62. The smallest absolute Gasteiger partial charge is 0.300 e. The molecule has 2 heterocycles. The summed E-state index contributed by atoms with van der Waals surface area (Å²) in [5.74, 6) is -0.259. The number of carbonyl (C=O) groups is 2. The molecule has 2 saturated heterocycles. The Morgan fingerprint density at radius 3 is 2.85 bits per heavy atom. The number of carbonyl (C=O) groups excluding carboxylic acids is 2. The Morgan fingerprint density at radius 2 is 2.15 bits per heavy atom. The van der Waals surface area contributed by atoms with E-state index in [0.717, 1.165) is 32.2 Å². The van der Waals surface area contributed by atoms with Gasteiger partial charge in [-0.05, 0) is 50.3 Å². The van der Waals surface area contributed by atoms with Crippen molar-refractivity contribution in [3.63, 3.8) is 0 Å². The summed E-state index contributed by atoms with van der Waals surface area (Å²) in [5.41, 5.74) is -0.348. The van der Waals surface area contributed by atoms with Crippen LogP contribution in [0, 0.1) is 16.0 Å². The van der Waals surface area contributed by atoms with Gasteiger partial charge in [0.1, 0.15) is 10.6 Å². The molecule has 146 valence electrons. The first-order valence-corrected chi connectivity index (χ1v) is 9.58. The van der Waals surface area contributed by atoms with Crippen LogP contribution in [0.15, 0.2) is 18.2 Å². The minimum absolute atomic E-state index is 0.00132. The lowest BCUT2D eigenvalue weighted by Crippen LogP contribution is -2.46. The molecule has 3 rings (SSSR count). The molecule has 0 spiro atoms. The molecule has 2 atom stereocenters. The van der Waals surface area contributed by atoms with Crippen molar-refractivity contribution in [1.82, 2.24) is 15.5 Å². The molecular formula is C18H23ClN4O4. The molecule has 0 saturated carbocycles. The molecule has 2 aliphatic heterocycles. The molecule has 0 aliphatic carbocycles. The van der Waals surface area contributed by atoms with E-state index in [9.17, 15) is 19.7 Å². The quantitative estimate of drug-likeness (QED) is 0.586. The van der Waals surface area contributed by atoms with E-state index in [1.165, 1.54) is 12.1 Å². The van der Waals surface area contributed by atoms with Crippen molar-refractivity contribution in [3.05, 3.63) is 38.9 Å². The largest absolute Gasteiger partial charge is 0.354 e. The number of nitrogens with one attached hydrogen (secondary N) is 2. The Hall–Kier alpha value is -2.19. The zero-order chi connectivity index (χ0) is 19.4. The predicted octanol–water partition coefficient (Wildman–Crippen LogP) is 1.97. The first kappa shape index (κ1) is 19.6. The van der Waals surface area contributed by atoms with Gasteiger partial charge in [-0.3, -0.25) is 19.7 Å². The SMILES string of the molecule is O=C(NCC1CCCN(C(=O)c2cccc(Cl)c2[N+](=O)[O-])C1)C1CCCN1. The summed E-state index contributed by atoms with van der Waals surface area (Å²) < 4.78 is 0. The van der Waals surface area contributed by atoms with Crippen LogP contribution in [0.3, 0.4) is 0 Å². The summed E-state index contributed by atoms with van der Waals surface area (Å²) >= 11 is 5.92. The number of piperidine rings is 1. The molecule has 2 fully saturated rings. The van der Waals surface area contributed by atoms with Crippen LogP contribution in [0.4, 0.5) is 5.69 Å². The van der Waals surface area contributed by atoms with Crippen molar-refractivity contribution in [2.24, 2.45) is 5.92 Å². The van der Waals surface area contributed by atoms with E-state index < -0.39 is 10.8 Å². The standard InChI is InChI=1S/C18H23ClN4O4/c19-14-6-1-5-13(16(14)23(26)27)18(25)22-9-3-4-12(11-22)10-21-17(24)15-7-2-8-20-15/h1,5-6,12,15,20H,2-4,7-11H2,(H,21,24). The number of rotatable bonds is 5. The van der Waals surface area contributed by atoms with Gasteiger partial charge in [0.25, 0.3) is 5.91 Å². The highest BCUT2D eigenvalue weighted by molar-refractivity contribution is 6.33. The molecule has 8 nitrogen and oxygen atoms in total. The first-order valence-electron chi connectivity index (χ1n) is 9.20. The molecule has 1 aromatic carbocycles. The summed E-state index contributed by atoms with van der Waals surface area (Å²) in [6.07, 6.45) is 3.55. The van der Waals surface area contributed by atoms with Gasteiger partial charge in [-0.1, -0.05) is 17.7 Å². The van der Waals surface area contributed by atoms with Gasteiger partial charge in [0.15, 0.2) is 0 Å². The Labute approximate surface area is 162 Å². The maximum absolute atomic E-state index is 12.8. The van der Waals surface area contributed by atoms with Gasteiger partial charge in [-0.2, -0.15) is 0 Å². The van der Waals surface area contributed by atoms with Crippen molar-refractivity contribution >= 4 is 29.1 Å². The van der Waals surface area contributed by atoms with Crippen molar-refractivity contribution < 1.29 is 14.5 Å². The number of hydrogen-bond donors (Lipinski definition) is 2. The van der Waals surface area contributed by atoms with Crippen LogP contribution in [0.2, 0.25) is 5.02 Å². The number of nitrogens with zero attached hydrogens (tertiary/aromatic N) is 2. The second-order valence-corrected chi connectivity index (χ2v) is 7.45. The van der Waals surface area contributed by atoms with Crippen molar-refractivity contribution in [1.29, 1.82) is 0 Å². The van der Waals surface area contributed by atoms with E-state index >= 15 is 0 Å². The Morgan fingerprint density at radius 1 is 1.33 bits per heavy atom. The Bertz CT molecular complexity index is 736. The molecule has 2 unspecified atom stereocenters. The number of amides is 2. The van der Waals surface area contributed by atoms with Gasteiger partial charge in [0.2, 0.25) is 5.91 Å². The average Bonchev–Trinajstić information content (AvgIpc) is 3.20. The van der Waals surface area contributed by atoms with Crippen LogP contribution in [0.5, 0.6) is 0 Å². The minimum atomic E-state index is -0.619. The molecule has 1 aromatic rings. The highest BCUT2D eigenvalue weighted by atomic mass is 35.5. The van der Waals surface area contributed by atoms with Gasteiger partial charge in [-0.15, -0.1) is 0 Å². The fourth-order valence-corrected chi connectivity index (χ4v) is 3.98. The molecule has 9 heteroatoms. The number of hydrogen-bond acceptors (Lipinski definition) is 5. The van der Waals surface area contributed by atoms with Gasteiger partial charge in [0.05, 0.1) is 11.0 Å². The van der Waals surface area contributed by atoms with E-state index in [2.05, 4.69) is 10.6 Å². The normalized spacial score (nSPS) is 22.5. The second-order valence-electron chi connectivity index (χ2n) is 7.05. The third-order valence-corrected chi connectivity index (χ3v) is 5.45. The summed E-state index contributed by atoms with van der Waals surface area (Å²) in [6.45, 7) is 2.36. The summed E-state index contributed by atoms with van der Waals surface area (Å²) in [6, 6.07) is 4.25. The fourth-order valence-electron chi connectivity index (χ4n) is 3.74. The van der Waals surface area contributed by atoms with E-state index in [0.29, 0.717) is 19.6 Å². The number of nitro groups is 1. The van der Waals surface area contributed by atoms with Gasteiger partial charge >= 0.3 is 5.69 Å². The monoisotopic (exact) mass is 394 g/mol. The van der Waals surface area contributed by atoms with Crippen LogP contribution in [-0.2, 0) is 4.79 Å². The summed E-state index contributed by atoms with van der Waals surface area (Å²) in [7, 11) is 0. The van der Waals surface area contributed by atoms with Gasteiger partial charge in [0, 0.05) is 19.6 Å². The lowest BCUT2D eigenvalue weighted by molar-refractivity contribution is -0.385. The van der Waals surface area contributed by atoms with Crippen LogP contribution >= 0.6 is 11.6 Å². The molecule has 2 N–H and O–H groups in total. The number of halogens is 1. The third kappa shape index (κ3) is 4.56. The Kier molecular flexibility index (Phi) is 6.28. The maximum Gasteiger partial charge on any atom is 0.300 e. The average molecular weight is 395 g/mol. The summed E-state index contributed by atoms with van der Waals surface area (Å²) in [5, 5.41) is 17.4. The molecule has 27 heavy (non-hydrogen) atoms. The maximum atomic E-state index is 12.8. The van der Waals surface area contributed by atoms with Crippen LogP contribution in [0.25, 0.3) is 0 Å². The van der Waals surface area contributed by atoms with Crippen LogP contribution in [0.1, 0.15) is 36.0 Å². The molecular weight excluding hydrogens is 372 g/mol. The van der Waals surface area contributed by atoms with Crippen molar-refractivity contribution in [2.75, 3.05) is 26.2 Å². The third-order valence-electron chi connectivity index (χ3n) is 5.15. The number of nitro benzene ring substituents is 1. The van der Waals surface area contributed by atoms with Gasteiger partial charge < -0.3 is 15.5 Å². The van der Waals surface area contributed by atoms with Gasteiger partial charge in [-0.25, -0.2) is 0 Å².